The first-order chi connectivity index (χ1) is 13.4. The summed E-state index contributed by atoms with van der Waals surface area (Å²) in [6, 6.07) is 10.7. The molecular formula is C20H22N4O3S. The molecule has 0 bridgehead atoms. The fourth-order valence-corrected chi connectivity index (χ4v) is 4.98. The summed E-state index contributed by atoms with van der Waals surface area (Å²) in [5, 5.41) is 7.74. The van der Waals surface area contributed by atoms with Crippen LogP contribution in [-0.4, -0.2) is 59.9 Å². The smallest absolute Gasteiger partial charge is 0.256 e. The molecule has 1 saturated heterocycles. The molecule has 2 heterocycles. The van der Waals surface area contributed by atoms with Crippen LogP contribution in [0.15, 0.2) is 47.5 Å². The van der Waals surface area contributed by atoms with E-state index in [4.69, 9.17) is 0 Å². The van der Waals surface area contributed by atoms with E-state index in [9.17, 15) is 13.2 Å². The van der Waals surface area contributed by atoms with Gasteiger partial charge in [0.15, 0.2) is 0 Å². The Balaban J connectivity index is 1.50. The van der Waals surface area contributed by atoms with E-state index < -0.39 is 10.0 Å². The minimum Gasteiger partial charge on any atom is -0.336 e. The Morgan fingerprint density at radius 2 is 1.79 bits per heavy atom. The van der Waals surface area contributed by atoms with Gasteiger partial charge in [0.1, 0.15) is 0 Å². The monoisotopic (exact) mass is 398 g/mol. The van der Waals surface area contributed by atoms with Crippen molar-refractivity contribution in [1.82, 2.24) is 19.4 Å². The molecule has 7 nitrogen and oxygen atoms in total. The summed E-state index contributed by atoms with van der Waals surface area (Å²) >= 11 is 0. The van der Waals surface area contributed by atoms with Gasteiger partial charge in [0.05, 0.1) is 22.2 Å². The quantitative estimate of drug-likeness (QED) is 0.734. The highest BCUT2D eigenvalue weighted by molar-refractivity contribution is 7.89. The minimum atomic E-state index is -3.56. The number of H-pyrrole nitrogens is 1. The van der Waals surface area contributed by atoms with Gasteiger partial charge in [-0.25, -0.2) is 8.42 Å². The van der Waals surface area contributed by atoms with Gasteiger partial charge < -0.3 is 4.90 Å². The van der Waals surface area contributed by atoms with Gasteiger partial charge in [-0.1, -0.05) is 18.2 Å². The third-order valence-electron chi connectivity index (χ3n) is 5.35. The van der Waals surface area contributed by atoms with Crippen molar-refractivity contribution in [3.8, 4) is 0 Å². The number of fused-ring (bicyclic) bond motifs is 1. The molecule has 0 saturated carbocycles. The Kier molecular flexibility index (Phi) is 4.68. The Bertz CT molecular complexity index is 1150. The Hall–Kier alpha value is -2.71. The largest absolute Gasteiger partial charge is 0.336 e. The molecule has 0 unspecified atom stereocenters. The van der Waals surface area contributed by atoms with E-state index in [1.165, 1.54) is 4.31 Å². The number of amides is 1. The number of benzene rings is 2. The number of hydrogen-bond acceptors (Lipinski definition) is 4. The molecule has 0 spiro atoms. The van der Waals surface area contributed by atoms with Crippen LogP contribution in [0.4, 0.5) is 0 Å². The van der Waals surface area contributed by atoms with Crippen molar-refractivity contribution in [3.05, 3.63) is 59.3 Å². The van der Waals surface area contributed by atoms with Crippen LogP contribution in [0.1, 0.15) is 21.5 Å². The standard InChI is InChI=1S/C20H22N4O3S/c1-14-6-7-17(12-15(14)2)28(26,27)24-10-8-23(9-11-24)20(25)18-5-3-4-16-13-21-22-19(16)18/h3-7,12-13H,8-11H2,1-2H3,(H,21,22). The number of sulfonamides is 1. The first-order valence-corrected chi connectivity index (χ1v) is 10.6. The predicted molar refractivity (Wildman–Crippen MR) is 107 cm³/mol. The molecule has 1 aromatic heterocycles. The molecule has 8 heteroatoms. The lowest BCUT2D eigenvalue weighted by molar-refractivity contribution is 0.0699. The van der Waals surface area contributed by atoms with Gasteiger partial charge in [-0.05, 0) is 43.2 Å². The van der Waals surface area contributed by atoms with Gasteiger partial charge in [-0.15, -0.1) is 0 Å². The van der Waals surface area contributed by atoms with E-state index in [0.29, 0.717) is 29.1 Å². The maximum atomic E-state index is 12.9. The minimum absolute atomic E-state index is 0.113. The van der Waals surface area contributed by atoms with E-state index in [-0.39, 0.29) is 19.0 Å². The van der Waals surface area contributed by atoms with Crippen molar-refractivity contribution in [3.63, 3.8) is 0 Å². The summed E-state index contributed by atoms with van der Waals surface area (Å²) in [7, 11) is -3.56. The molecule has 0 aliphatic carbocycles. The number of aromatic nitrogens is 2. The number of aryl methyl sites for hydroxylation is 2. The molecule has 2 aromatic carbocycles. The molecule has 28 heavy (non-hydrogen) atoms. The van der Waals surface area contributed by atoms with E-state index in [2.05, 4.69) is 10.2 Å². The second kappa shape index (κ2) is 7.03. The summed E-state index contributed by atoms with van der Waals surface area (Å²) in [5.41, 5.74) is 3.27. The van der Waals surface area contributed by atoms with Gasteiger partial charge in [0.2, 0.25) is 10.0 Å². The van der Waals surface area contributed by atoms with Crippen molar-refractivity contribution >= 4 is 26.8 Å². The number of para-hydroxylation sites is 1. The molecule has 3 aromatic rings. The lowest BCUT2D eigenvalue weighted by Crippen LogP contribution is -2.50. The van der Waals surface area contributed by atoms with Crippen LogP contribution in [0.3, 0.4) is 0 Å². The first kappa shape index (κ1) is 18.6. The fraction of sp³-hybridized carbons (Fsp3) is 0.300. The molecule has 4 rings (SSSR count). The fourth-order valence-electron chi connectivity index (χ4n) is 3.47. The lowest BCUT2D eigenvalue weighted by atomic mass is 10.1. The van der Waals surface area contributed by atoms with Gasteiger partial charge in [0.25, 0.3) is 5.91 Å². The van der Waals surface area contributed by atoms with Gasteiger partial charge >= 0.3 is 0 Å². The zero-order valence-electron chi connectivity index (χ0n) is 15.8. The molecule has 1 amide bonds. The summed E-state index contributed by atoms with van der Waals surface area (Å²) < 4.78 is 27.3. The molecular weight excluding hydrogens is 376 g/mol. The lowest BCUT2D eigenvalue weighted by Gasteiger charge is -2.34. The van der Waals surface area contributed by atoms with Crippen LogP contribution in [0.2, 0.25) is 0 Å². The highest BCUT2D eigenvalue weighted by atomic mass is 32.2. The zero-order valence-corrected chi connectivity index (χ0v) is 16.7. The highest BCUT2D eigenvalue weighted by Crippen LogP contribution is 2.22. The van der Waals surface area contributed by atoms with Crippen LogP contribution in [-0.2, 0) is 10.0 Å². The number of aromatic amines is 1. The second-order valence-electron chi connectivity index (χ2n) is 7.08. The molecule has 1 N–H and O–H groups in total. The van der Waals surface area contributed by atoms with Crippen molar-refractivity contribution in [2.75, 3.05) is 26.2 Å². The first-order valence-electron chi connectivity index (χ1n) is 9.17. The van der Waals surface area contributed by atoms with E-state index in [1.807, 2.05) is 32.0 Å². The summed E-state index contributed by atoms with van der Waals surface area (Å²) in [6.07, 6.45) is 1.68. The summed E-state index contributed by atoms with van der Waals surface area (Å²) in [4.78, 5) is 14.9. The van der Waals surface area contributed by atoms with E-state index >= 15 is 0 Å². The number of carbonyl (C=O) groups is 1. The van der Waals surface area contributed by atoms with Crippen LogP contribution >= 0.6 is 0 Å². The third kappa shape index (κ3) is 3.18. The van der Waals surface area contributed by atoms with Crippen molar-refractivity contribution in [1.29, 1.82) is 0 Å². The second-order valence-corrected chi connectivity index (χ2v) is 9.02. The van der Waals surface area contributed by atoms with Crippen molar-refractivity contribution < 1.29 is 13.2 Å². The SMILES string of the molecule is Cc1ccc(S(=O)(=O)N2CCN(C(=O)c3cccc4cn[nH]c34)CC2)cc1C. The Labute approximate surface area is 164 Å². The molecule has 1 aliphatic rings. The highest BCUT2D eigenvalue weighted by Gasteiger charge is 2.31. The topological polar surface area (TPSA) is 86.4 Å². The van der Waals surface area contributed by atoms with Gasteiger partial charge in [-0.2, -0.15) is 9.40 Å². The number of hydrogen-bond donors (Lipinski definition) is 1. The van der Waals surface area contributed by atoms with Crippen molar-refractivity contribution in [2.45, 2.75) is 18.7 Å². The predicted octanol–water partition coefficient (Wildman–Crippen LogP) is 2.33. The Morgan fingerprint density at radius 3 is 2.50 bits per heavy atom. The van der Waals surface area contributed by atoms with Crippen LogP contribution in [0.5, 0.6) is 0 Å². The number of nitrogens with one attached hydrogen (secondary N) is 1. The van der Waals surface area contributed by atoms with Gasteiger partial charge in [-0.3, -0.25) is 9.89 Å². The number of carbonyl (C=O) groups excluding carboxylic acids is 1. The molecule has 1 fully saturated rings. The average Bonchev–Trinajstić information content (AvgIpc) is 3.18. The van der Waals surface area contributed by atoms with Crippen LogP contribution in [0.25, 0.3) is 10.9 Å². The average molecular weight is 398 g/mol. The van der Waals surface area contributed by atoms with E-state index in [0.717, 1.165) is 16.5 Å². The summed E-state index contributed by atoms with van der Waals surface area (Å²) in [6.45, 7) is 5.12. The van der Waals surface area contributed by atoms with Crippen molar-refractivity contribution in [2.24, 2.45) is 0 Å². The zero-order chi connectivity index (χ0) is 19.9. The van der Waals surface area contributed by atoms with Crippen LogP contribution < -0.4 is 0 Å². The molecule has 146 valence electrons. The maximum absolute atomic E-state index is 12.9. The van der Waals surface area contributed by atoms with Crippen LogP contribution in [0, 0.1) is 13.8 Å². The molecule has 1 aliphatic heterocycles. The normalized spacial score (nSPS) is 15.9. The molecule has 0 radical (unpaired) electrons. The van der Waals surface area contributed by atoms with E-state index in [1.54, 1.807) is 29.3 Å². The number of piperazine rings is 1. The molecule has 0 atom stereocenters. The maximum Gasteiger partial charge on any atom is 0.256 e. The number of rotatable bonds is 3. The van der Waals surface area contributed by atoms with Gasteiger partial charge in [0, 0.05) is 31.6 Å². The number of nitrogens with zero attached hydrogens (tertiary/aromatic N) is 3. The third-order valence-corrected chi connectivity index (χ3v) is 7.24. The Morgan fingerprint density at radius 1 is 1.04 bits per heavy atom. The summed E-state index contributed by atoms with van der Waals surface area (Å²) in [5.74, 6) is -0.113.